The first kappa shape index (κ1) is 22.9. The lowest BCUT2D eigenvalue weighted by molar-refractivity contribution is -0.115. The molecule has 0 unspecified atom stereocenters. The largest absolute Gasteiger partial charge is 0.326 e. The van der Waals surface area contributed by atoms with Gasteiger partial charge in [-0.3, -0.25) is 14.8 Å². The maximum atomic E-state index is 12.5. The summed E-state index contributed by atoms with van der Waals surface area (Å²) in [7, 11) is 0. The van der Waals surface area contributed by atoms with E-state index in [1.807, 2.05) is 54.4 Å². The average molecular weight is 489 g/mol. The molecule has 1 saturated heterocycles. The molecule has 0 bridgehead atoms. The molecule has 0 spiro atoms. The van der Waals surface area contributed by atoms with Gasteiger partial charge in [-0.05, 0) is 53.3 Å². The van der Waals surface area contributed by atoms with E-state index < -0.39 is 0 Å². The van der Waals surface area contributed by atoms with Gasteiger partial charge in [0.15, 0.2) is 0 Å². The normalized spacial score (nSPS) is 14.7. The smallest absolute Gasteiger partial charge is 0.229 e. The monoisotopic (exact) mass is 488 g/mol. The molecule has 0 saturated carbocycles. The van der Waals surface area contributed by atoms with E-state index in [4.69, 9.17) is 0 Å². The number of fused-ring (bicyclic) bond motifs is 1. The Balaban J connectivity index is 1.32. The highest BCUT2D eigenvalue weighted by Crippen LogP contribution is 2.26. The Morgan fingerprint density at radius 2 is 2.03 bits per heavy atom. The second-order valence-electron chi connectivity index (χ2n) is 8.59. The topological polar surface area (TPSA) is 61.0 Å². The van der Waals surface area contributed by atoms with Crippen molar-refractivity contribution in [2.24, 2.45) is 0 Å². The third-order valence-electron chi connectivity index (χ3n) is 6.02. The molecular formula is C27H28N4OS2. The van der Waals surface area contributed by atoms with Crippen molar-refractivity contribution in [2.75, 3.05) is 29.9 Å². The van der Waals surface area contributed by atoms with Crippen LogP contribution in [0.4, 0.5) is 5.69 Å². The number of benzene rings is 2. The fourth-order valence-corrected chi connectivity index (χ4v) is 5.89. The number of aryl methyl sites for hydroxylation is 1. The quantitative estimate of drug-likeness (QED) is 0.343. The molecule has 1 amide bonds. The van der Waals surface area contributed by atoms with Gasteiger partial charge in [0.1, 0.15) is 0 Å². The van der Waals surface area contributed by atoms with Gasteiger partial charge in [0.25, 0.3) is 0 Å². The molecule has 0 radical (unpaired) electrons. The number of carbonyl (C=O) groups excluding carboxylic acids is 1. The zero-order valence-corrected chi connectivity index (χ0v) is 20.8. The van der Waals surface area contributed by atoms with Crippen molar-refractivity contribution in [3.63, 3.8) is 0 Å². The summed E-state index contributed by atoms with van der Waals surface area (Å²) in [4.78, 5) is 16.1. The number of thiophene rings is 1. The van der Waals surface area contributed by atoms with E-state index in [9.17, 15) is 4.79 Å². The third kappa shape index (κ3) is 5.60. The minimum absolute atomic E-state index is 0.00500. The number of nitrogens with one attached hydrogen (secondary N) is 2. The number of thioether (sulfide) groups is 1. The van der Waals surface area contributed by atoms with Crippen molar-refractivity contribution < 1.29 is 4.79 Å². The minimum atomic E-state index is -0.00500. The molecule has 34 heavy (non-hydrogen) atoms. The van der Waals surface area contributed by atoms with E-state index in [-0.39, 0.29) is 5.91 Å². The maximum Gasteiger partial charge on any atom is 0.229 e. The van der Waals surface area contributed by atoms with Gasteiger partial charge in [0, 0.05) is 47.1 Å². The van der Waals surface area contributed by atoms with Crippen LogP contribution in [0.2, 0.25) is 0 Å². The van der Waals surface area contributed by atoms with Crippen LogP contribution in [0.3, 0.4) is 0 Å². The Morgan fingerprint density at radius 3 is 2.85 bits per heavy atom. The lowest BCUT2D eigenvalue weighted by Crippen LogP contribution is -2.31. The average Bonchev–Trinajstić information content (AvgIpc) is 3.48. The zero-order valence-electron chi connectivity index (χ0n) is 19.2. The lowest BCUT2D eigenvalue weighted by atomic mass is 10.1. The second kappa shape index (κ2) is 10.6. The summed E-state index contributed by atoms with van der Waals surface area (Å²) in [5, 5.41) is 13.7. The number of amides is 1. The summed E-state index contributed by atoms with van der Waals surface area (Å²) >= 11 is 3.64. The molecule has 1 aliphatic rings. The summed E-state index contributed by atoms with van der Waals surface area (Å²) in [5.41, 5.74) is 6.16. The van der Waals surface area contributed by atoms with Crippen LogP contribution in [0.5, 0.6) is 0 Å². The number of hydrogen-bond acceptors (Lipinski definition) is 5. The maximum absolute atomic E-state index is 12.5. The van der Waals surface area contributed by atoms with Gasteiger partial charge in [-0.2, -0.15) is 16.9 Å². The summed E-state index contributed by atoms with van der Waals surface area (Å²) < 4.78 is 0. The molecule has 5 nitrogen and oxygen atoms in total. The number of anilines is 1. The molecule has 7 heteroatoms. The molecule has 3 heterocycles. The first-order valence-corrected chi connectivity index (χ1v) is 13.6. The zero-order chi connectivity index (χ0) is 23.3. The van der Waals surface area contributed by atoms with E-state index in [1.165, 1.54) is 17.1 Å². The van der Waals surface area contributed by atoms with E-state index in [0.29, 0.717) is 6.42 Å². The predicted molar refractivity (Wildman–Crippen MR) is 145 cm³/mol. The Labute approximate surface area is 208 Å². The van der Waals surface area contributed by atoms with E-state index >= 15 is 0 Å². The standard InChI is InChI=1S/C27H28N4OS2/c1-19-14-26-23(17-25(19)28-27(32)16-22-6-3-11-34-22)24(29-30-26)8-7-20-4-2-5-21(15-20)18-31-9-12-33-13-10-31/h2-8,11,14-15,17H,9-10,12-13,16,18H2,1H3,(H,28,32)(H,29,30)/b8-7+. The number of hydrogen-bond donors (Lipinski definition) is 2. The molecule has 0 aliphatic carbocycles. The van der Waals surface area contributed by atoms with Gasteiger partial charge in [-0.15, -0.1) is 11.3 Å². The van der Waals surface area contributed by atoms with Crippen molar-refractivity contribution in [3.05, 3.63) is 81.2 Å². The van der Waals surface area contributed by atoms with Crippen molar-refractivity contribution in [1.82, 2.24) is 15.1 Å². The van der Waals surface area contributed by atoms with Crippen LogP contribution in [0.15, 0.2) is 53.9 Å². The van der Waals surface area contributed by atoms with Crippen molar-refractivity contribution in [3.8, 4) is 0 Å². The predicted octanol–water partition coefficient (Wildman–Crippen LogP) is 5.83. The Hall–Kier alpha value is -2.87. The van der Waals surface area contributed by atoms with Gasteiger partial charge in [-0.1, -0.05) is 36.4 Å². The number of H-pyrrole nitrogens is 1. The highest BCUT2D eigenvalue weighted by molar-refractivity contribution is 7.99. The lowest BCUT2D eigenvalue weighted by Gasteiger charge is -2.26. The number of aromatic amines is 1. The molecule has 4 aromatic rings. The summed E-state index contributed by atoms with van der Waals surface area (Å²) in [6.45, 7) is 5.33. The summed E-state index contributed by atoms with van der Waals surface area (Å²) in [6.07, 6.45) is 4.54. The van der Waals surface area contributed by atoms with E-state index in [2.05, 4.69) is 50.8 Å². The third-order valence-corrected chi connectivity index (χ3v) is 7.84. The summed E-state index contributed by atoms with van der Waals surface area (Å²) in [6, 6.07) is 16.7. The molecule has 5 rings (SSSR count). The van der Waals surface area contributed by atoms with Crippen LogP contribution in [-0.4, -0.2) is 45.6 Å². The Bertz CT molecular complexity index is 1300. The SMILES string of the molecule is Cc1cc2[nH]nc(/C=C/c3cccc(CN4CCSCC4)c3)c2cc1NC(=O)Cc1cccs1. The summed E-state index contributed by atoms with van der Waals surface area (Å²) in [5.74, 6) is 2.44. The molecule has 0 atom stereocenters. The highest BCUT2D eigenvalue weighted by Gasteiger charge is 2.12. The highest BCUT2D eigenvalue weighted by atomic mass is 32.2. The van der Waals surface area contributed by atoms with Crippen molar-refractivity contribution in [1.29, 1.82) is 0 Å². The van der Waals surface area contributed by atoms with Crippen LogP contribution < -0.4 is 5.32 Å². The van der Waals surface area contributed by atoms with Gasteiger partial charge in [0.05, 0.1) is 17.6 Å². The fraction of sp³-hybridized carbons (Fsp3) is 0.259. The fourth-order valence-electron chi connectivity index (χ4n) is 4.21. The molecule has 2 aromatic carbocycles. The first-order chi connectivity index (χ1) is 16.6. The molecular weight excluding hydrogens is 460 g/mol. The van der Waals surface area contributed by atoms with Gasteiger partial charge >= 0.3 is 0 Å². The van der Waals surface area contributed by atoms with Crippen LogP contribution in [0.25, 0.3) is 23.1 Å². The second-order valence-corrected chi connectivity index (χ2v) is 10.8. The van der Waals surface area contributed by atoms with Crippen molar-refractivity contribution in [2.45, 2.75) is 19.9 Å². The minimum Gasteiger partial charge on any atom is -0.326 e. The molecule has 1 fully saturated rings. The molecule has 2 aromatic heterocycles. The van der Waals surface area contributed by atoms with Crippen LogP contribution in [0.1, 0.15) is 27.3 Å². The number of aromatic nitrogens is 2. The number of rotatable bonds is 7. The Morgan fingerprint density at radius 1 is 1.15 bits per heavy atom. The van der Waals surface area contributed by atoms with Crippen LogP contribution >= 0.6 is 23.1 Å². The van der Waals surface area contributed by atoms with Gasteiger partial charge < -0.3 is 5.32 Å². The Kier molecular flexibility index (Phi) is 7.13. The van der Waals surface area contributed by atoms with Crippen LogP contribution in [-0.2, 0) is 17.8 Å². The molecule has 1 aliphatic heterocycles. The first-order valence-electron chi connectivity index (χ1n) is 11.5. The van der Waals surface area contributed by atoms with Gasteiger partial charge in [0.2, 0.25) is 5.91 Å². The molecule has 174 valence electrons. The van der Waals surface area contributed by atoms with Gasteiger partial charge in [-0.25, -0.2) is 0 Å². The van der Waals surface area contributed by atoms with Crippen molar-refractivity contribution >= 4 is 57.7 Å². The van der Waals surface area contributed by atoms with E-state index in [1.54, 1.807) is 11.3 Å². The molecule has 2 N–H and O–H groups in total. The van der Waals surface area contributed by atoms with E-state index in [0.717, 1.165) is 57.9 Å². The number of carbonyl (C=O) groups is 1. The van der Waals surface area contributed by atoms with Crippen LogP contribution in [0, 0.1) is 6.92 Å². The number of nitrogens with zero attached hydrogens (tertiary/aromatic N) is 2.